The Morgan fingerprint density at radius 2 is 2.13 bits per heavy atom. The molecule has 0 radical (unpaired) electrons. The number of ether oxygens (including phenoxy) is 1. The van der Waals surface area contributed by atoms with Crippen LogP contribution in [-0.4, -0.2) is 27.2 Å². The van der Waals surface area contributed by atoms with Crippen molar-refractivity contribution in [3.63, 3.8) is 0 Å². The molecule has 0 aliphatic rings. The number of carbonyl (C=O) groups excluding carboxylic acids is 1. The maximum absolute atomic E-state index is 11.0. The van der Waals surface area contributed by atoms with Crippen LogP contribution in [0.25, 0.3) is 0 Å². The van der Waals surface area contributed by atoms with Crippen LogP contribution in [0.1, 0.15) is 6.92 Å². The third-order valence-corrected chi connectivity index (χ3v) is 2.92. The van der Waals surface area contributed by atoms with Crippen LogP contribution in [0.5, 0.6) is 0 Å². The number of hydrogen-bond acceptors (Lipinski definition) is 5. The SMILES string of the molecule is C=CC(=O)OC=CC(C)CS(=O)(=O)OC. The lowest BCUT2D eigenvalue weighted by molar-refractivity contribution is -0.132. The van der Waals surface area contributed by atoms with E-state index in [9.17, 15) is 13.2 Å². The fraction of sp³-hybridized carbons (Fsp3) is 0.444. The Balaban J connectivity index is 4.09. The summed E-state index contributed by atoms with van der Waals surface area (Å²) in [5.74, 6) is -1.05. The quantitative estimate of drug-likeness (QED) is 0.295. The molecule has 0 aliphatic carbocycles. The summed E-state index contributed by atoms with van der Waals surface area (Å²) < 4.78 is 30.8. The highest BCUT2D eigenvalue weighted by atomic mass is 32.2. The highest BCUT2D eigenvalue weighted by Crippen LogP contribution is 2.04. The summed E-state index contributed by atoms with van der Waals surface area (Å²) in [4.78, 5) is 10.6. The molecule has 0 amide bonds. The molecule has 1 unspecified atom stereocenters. The first-order valence-electron chi connectivity index (χ1n) is 4.19. The summed E-state index contributed by atoms with van der Waals surface area (Å²) in [6.07, 6.45) is 3.61. The van der Waals surface area contributed by atoms with Crippen LogP contribution in [0.2, 0.25) is 0 Å². The number of rotatable bonds is 6. The Labute approximate surface area is 89.5 Å². The molecular weight excluding hydrogens is 220 g/mol. The lowest BCUT2D eigenvalue weighted by Gasteiger charge is -2.04. The average molecular weight is 234 g/mol. The molecule has 0 spiro atoms. The van der Waals surface area contributed by atoms with Crippen LogP contribution < -0.4 is 0 Å². The summed E-state index contributed by atoms with van der Waals surface area (Å²) in [5, 5.41) is 0. The van der Waals surface area contributed by atoms with E-state index in [0.717, 1.165) is 19.4 Å². The van der Waals surface area contributed by atoms with Gasteiger partial charge in [-0.05, 0) is 12.0 Å². The maximum Gasteiger partial charge on any atom is 0.334 e. The van der Waals surface area contributed by atoms with Crippen molar-refractivity contribution in [1.82, 2.24) is 0 Å². The van der Waals surface area contributed by atoms with Crippen molar-refractivity contribution in [2.75, 3.05) is 12.9 Å². The normalized spacial score (nSPS) is 13.7. The van der Waals surface area contributed by atoms with Crippen LogP contribution in [-0.2, 0) is 23.8 Å². The zero-order chi connectivity index (χ0) is 11.9. The van der Waals surface area contributed by atoms with Crippen molar-refractivity contribution >= 4 is 16.1 Å². The third-order valence-electron chi connectivity index (χ3n) is 1.48. The van der Waals surface area contributed by atoms with E-state index in [0.29, 0.717) is 0 Å². The highest BCUT2D eigenvalue weighted by molar-refractivity contribution is 7.86. The molecule has 1 atom stereocenters. The zero-order valence-electron chi connectivity index (χ0n) is 8.67. The Morgan fingerprint density at radius 1 is 1.53 bits per heavy atom. The van der Waals surface area contributed by atoms with E-state index in [1.807, 2.05) is 0 Å². The van der Waals surface area contributed by atoms with E-state index in [1.54, 1.807) is 6.92 Å². The Kier molecular flexibility index (Phi) is 5.88. The molecule has 0 N–H and O–H groups in total. The van der Waals surface area contributed by atoms with Crippen molar-refractivity contribution in [1.29, 1.82) is 0 Å². The van der Waals surface area contributed by atoms with E-state index in [2.05, 4.69) is 15.5 Å². The van der Waals surface area contributed by atoms with Crippen LogP contribution in [0.15, 0.2) is 25.0 Å². The largest absolute Gasteiger partial charge is 0.432 e. The van der Waals surface area contributed by atoms with Gasteiger partial charge in [-0.25, -0.2) is 4.79 Å². The smallest absolute Gasteiger partial charge is 0.334 e. The summed E-state index contributed by atoms with van der Waals surface area (Å²) >= 11 is 0. The van der Waals surface area contributed by atoms with Gasteiger partial charge in [0.05, 0.1) is 19.1 Å². The summed E-state index contributed by atoms with van der Waals surface area (Å²) in [7, 11) is -2.39. The monoisotopic (exact) mass is 234 g/mol. The van der Waals surface area contributed by atoms with Crippen LogP contribution in [0.4, 0.5) is 0 Å². The van der Waals surface area contributed by atoms with Gasteiger partial charge in [0.2, 0.25) is 0 Å². The first-order valence-corrected chi connectivity index (χ1v) is 5.77. The Morgan fingerprint density at radius 3 is 2.60 bits per heavy atom. The fourth-order valence-corrected chi connectivity index (χ4v) is 1.63. The minimum Gasteiger partial charge on any atom is -0.432 e. The van der Waals surface area contributed by atoms with Gasteiger partial charge in [-0.2, -0.15) is 8.42 Å². The first-order chi connectivity index (χ1) is 6.91. The van der Waals surface area contributed by atoms with Gasteiger partial charge in [0.25, 0.3) is 10.1 Å². The first kappa shape index (κ1) is 13.9. The number of allylic oxidation sites excluding steroid dienone is 1. The van der Waals surface area contributed by atoms with Gasteiger partial charge >= 0.3 is 5.97 Å². The van der Waals surface area contributed by atoms with Crippen molar-refractivity contribution in [3.8, 4) is 0 Å². The molecule has 0 aliphatic heterocycles. The molecule has 5 nitrogen and oxygen atoms in total. The summed E-state index contributed by atoms with van der Waals surface area (Å²) in [5.41, 5.74) is 0. The Hall–Kier alpha value is -1.14. The molecule has 6 heteroatoms. The van der Waals surface area contributed by atoms with Crippen molar-refractivity contribution in [2.24, 2.45) is 5.92 Å². The molecular formula is C9H14O5S. The predicted molar refractivity (Wildman–Crippen MR) is 55.4 cm³/mol. The molecule has 86 valence electrons. The number of carbonyl (C=O) groups is 1. The average Bonchev–Trinajstić information content (AvgIpc) is 2.16. The molecule has 0 fully saturated rings. The third kappa shape index (κ3) is 6.87. The van der Waals surface area contributed by atoms with Gasteiger partial charge in [-0.1, -0.05) is 13.5 Å². The van der Waals surface area contributed by atoms with Crippen LogP contribution in [0.3, 0.4) is 0 Å². The highest BCUT2D eigenvalue weighted by Gasteiger charge is 2.12. The summed E-state index contributed by atoms with van der Waals surface area (Å²) in [6, 6.07) is 0. The molecule has 0 saturated heterocycles. The predicted octanol–water partition coefficient (Wildman–Crippen LogP) is 0.842. The summed E-state index contributed by atoms with van der Waals surface area (Å²) in [6.45, 7) is 4.87. The molecule has 0 saturated carbocycles. The van der Waals surface area contributed by atoms with E-state index in [-0.39, 0.29) is 11.7 Å². The van der Waals surface area contributed by atoms with Crippen LogP contribution >= 0.6 is 0 Å². The van der Waals surface area contributed by atoms with Gasteiger partial charge in [-0.3, -0.25) is 4.18 Å². The molecule has 0 aromatic carbocycles. The van der Waals surface area contributed by atoms with Gasteiger partial charge in [-0.15, -0.1) is 0 Å². The maximum atomic E-state index is 11.0. The Bertz CT molecular complexity index is 342. The molecule has 0 aromatic heterocycles. The minimum atomic E-state index is -3.49. The van der Waals surface area contributed by atoms with Gasteiger partial charge in [0.1, 0.15) is 0 Å². The minimum absolute atomic E-state index is 0.161. The van der Waals surface area contributed by atoms with Gasteiger partial charge < -0.3 is 4.74 Å². The second-order valence-electron chi connectivity index (χ2n) is 2.84. The zero-order valence-corrected chi connectivity index (χ0v) is 9.49. The van der Waals surface area contributed by atoms with Gasteiger partial charge in [0, 0.05) is 6.08 Å². The van der Waals surface area contributed by atoms with E-state index in [4.69, 9.17) is 0 Å². The standard InChI is InChI=1S/C9H14O5S/c1-4-9(10)14-6-5-8(2)7-15(11,12)13-3/h4-6,8H,1,7H2,2-3H3. The van der Waals surface area contributed by atoms with Gasteiger partial charge in [0.15, 0.2) is 0 Å². The molecule has 0 aromatic rings. The van der Waals surface area contributed by atoms with E-state index in [1.165, 1.54) is 6.08 Å². The number of esters is 1. The lowest BCUT2D eigenvalue weighted by atomic mass is 10.2. The van der Waals surface area contributed by atoms with E-state index >= 15 is 0 Å². The van der Waals surface area contributed by atoms with Crippen molar-refractivity contribution in [2.45, 2.75) is 6.92 Å². The van der Waals surface area contributed by atoms with Crippen molar-refractivity contribution < 1.29 is 22.1 Å². The molecule has 0 bridgehead atoms. The van der Waals surface area contributed by atoms with E-state index < -0.39 is 16.1 Å². The second kappa shape index (κ2) is 6.36. The fourth-order valence-electron chi connectivity index (χ4n) is 0.734. The van der Waals surface area contributed by atoms with Crippen molar-refractivity contribution in [3.05, 3.63) is 25.0 Å². The molecule has 15 heavy (non-hydrogen) atoms. The number of hydrogen-bond donors (Lipinski definition) is 0. The van der Waals surface area contributed by atoms with Crippen LogP contribution in [0, 0.1) is 5.92 Å². The second-order valence-corrected chi connectivity index (χ2v) is 4.62. The molecule has 0 rings (SSSR count). The lowest BCUT2D eigenvalue weighted by Crippen LogP contribution is -2.13. The topological polar surface area (TPSA) is 69.7 Å². The molecule has 0 heterocycles.